The predicted octanol–water partition coefficient (Wildman–Crippen LogP) is 0.635. The second kappa shape index (κ2) is 7.07. The van der Waals surface area contributed by atoms with Crippen molar-refractivity contribution in [3.05, 3.63) is 0 Å². The Morgan fingerprint density at radius 2 is 1.94 bits per heavy atom. The van der Waals surface area contributed by atoms with Gasteiger partial charge in [-0.05, 0) is 13.8 Å². The van der Waals surface area contributed by atoms with E-state index in [2.05, 4.69) is 24.1 Å². The lowest BCUT2D eigenvalue weighted by atomic mass is 10.2. The summed E-state index contributed by atoms with van der Waals surface area (Å²) in [5.41, 5.74) is 0. The lowest BCUT2D eigenvalue weighted by Gasteiger charge is -2.37. The van der Waals surface area contributed by atoms with Crippen molar-refractivity contribution in [1.82, 2.24) is 10.2 Å². The number of nitrogens with zero attached hydrogens (tertiary/aromatic N) is 1. The standard InChI is InChI=1S/C13H26N2O3/c1-9(2)14-12(13(16)17-5)8-15-6-10(3)18-11(4)7-15/h9-12,14H,6-8H2,1-5H3. The van der Waals surface area contributed by atoms with Gasteiger partial charge in [-0.3, -0.25) is 9.69 Å². The van der Waals surface area contributed by atoms with Gasteiger partial charge in [0.15, 0.2) is 0 Å². The van der Waals surface area contributed by atoms with Crippen LogP contribution in [0.2, 0.25) is 0 Å². The average molecular weight is 258 g/mol. The van der Waals surface area contributed by atoms with Crippen LogP contribution in [0.1, 0.15) is 27.7 Å². The van der Waals surface area contributed by atoms with Gasteiger partial charge in [-0.2, -0.15) is 0 Å². The van der Waals surface area contributed by atoms with Crippen LogP contribution < -0.4 is 5.32 Å². The average Bonchev–Trinajstić information content (AvgIpc) is 2.25. The molecule has 0 bridgehead atoms. The Morgan fingerprint density at radius 3 is 2.39 bits per heavy atom. The Bertz CT molecular complexity index is 261. The van der Waals surface area contributed by atoms with E-state index in [1.54, 1.807) is 0 Å². The van der Waals surface area contributed by atoms with Gasteiger partial charge in [0.05, 0.1) is 19.3 Å². The Morgan fingerprint density at radius 1 is 1.39 bits per heavy atom. The van der Waals surface area contributed by atoms with Crippen LogP contribution in [0.25, 0.3) is 0 Å². The second-order valence-electron chi connectivity index (χ2n) is 5.37. The van der Waals surface area contributed by atoms with Crippen LogP contribution in [0.4, 0.5) is 0 Å². The molecule has 1 saturated heterocycles. The summed E-state index contributed by atoms with van der Waals surface area (Å²) in [4.78, 5) is 14.0. The van der Waals surface area contributed by atoms with Crippen LogP contribution in [-0.4, -0.2) is 61.9 Å². The minimum atomic E-state index is -0.271. The summed E-state index contributed by atoms with van der Waals surface area (Å²) in [5.74, 6) is -0.199. The van der Waals surface area contributed by atoms with E-state index in [-0.39, 0.29) is 30.3 Å². The predicted molar refractivity (Wildman–Crippen MR) is 70.5 cm³/mol. The zero-order chi connectivity index (χ0) is 13.7. The number of esters is 1. The summed E-state index contributed by atoms with van der Waals surface area (Å²) in [6, 6.07) is -0.0162. The minimum Gasteiger partial charge on any atom is -0.468 e. The maximum atomic E-state index is 11.7. The van der Waals surface area contributed by atoms with Crippen LogP contribution in [0, 0.1) is 0 Å². The Balaban J connectivity index is 2.56. The molecule has 0 aromatic heterocycles. The molecule has 18 heavy (non-hydrogen) atoms. The molecule has 1 rings (SSSR count). The largest absolute Gasteiger partial charge is 0.468 e. The third-order valence-electron chi connectivity index (χ3n) is 2.96. The molecule has 0 aromatic rings. The van der Waals surface area contributed by atoms with Crippen molar-refractivity contribution in [3.63, 3.8) is 0 Å². The van der Waals surface area contributed by atoms with Crippen LogP contribution in [-0.2, 0) is 14.3 Å². The molecule has 5 heteroatoms. The molecule has 3 unspecified atom stereocenters. The fraction of sp³-hybridized carbons (Fsp3) is 0.923. The number of hydrogen-bond acceptors (Lipinski definition) is 5. The molecule has 5 nitrogen and oxygen atoms in total. The van der Waals surface area contributed by atoms with Gasteiger partial charge < -0.3 is 14.8 Å². The summed E-state index contributed by atoms with van der Waals surface area (Å²) < 4.78 is 10.5. The fourth-order valence-corrected chi connectivity index (χ4v) is 2.43. The molecule has 0 spiro atoms. The van der Waals surface area contributed by atoms with E-state index in [0.717, 1.165) is 13.1 Å². The Hall–Kier alpha value is -0.650. The third-order valence-corrected chi connectivity index (χ3v) is 2.96. The summed E-state index contributed by atoms with van der Waals surface area (Å²) >= 11 is 0. The Kier molecular flexibility index (Phi) is 6.05. The van der Waals surface area contributed by atoms with Gasteiger partial charge in [-0.1, -0.05) is 13.8 Å². The monoisotopic (exact) mass is 258 g/mol. The van der Waals surface area contributed by atoms with Crippen molar-refractivity contribution < 1.29 is 14.3 Å². The van der Waals surface area contributed by atoms with Gasteiger partial charge in [-0.15, -0.1) is 0 Å². The number of carbonyl (C=O) groups is 1. The van der Waals surface area contributed by atoms with Crippen LogP contribution in [0.5, 0.6) is 0 Å². The molecule has 0 saturated carbocycles. The summed E-state index contributed by atoms with van der Waals surface area (Å²) in [5, 5.41) is 3.25. The summed E-state index contributed by atoms with van der Waals surface area (Å²) in [6.07, 6.45) is 0.428. The highest BCUT2D eigenvalue weighted by Crippen LogP contribution is 2.11. The zero-order valence-corrected chi connectivity index (χ0v) is 12.1. The maximum Gasteiger partial charge on any atom is 0.324 e. The number of carbonyl (C=O) groups excluding carboxylic acids is 1. The van der Waals surface area contributed by atoms with Crippen molar-refractivity contribution in [2.75, 3.05) is 26.7 Å². The molecule has 3 atom stereocenters. The van der Waals surface area contributed by atoms with Gasteiger partial charge in [-0.25, -0.2) is 0 Å². The minimum absolute atomic E-state index is 0.199. The lowest BCUT2D eigenvalue weighted by Crippen LogP contribution is -2.54. The highest BCUT2D eigenvalue weighted by Gasteiger charge is 2.28. The van der Waals surface area contributed by atoms with Crippen LogP contribution >= 0.6 is 0 Å². The second-order valence-corrected chi connectivity index (χ2v) is 5.37. The third kappa shape index (κ3) is 4.92. The van der Waals surface area contributed by atoms with E-state index in [0.29, 0.717) is 6.54 Å². The van der Waals surface area contributed by atoms with E-state index < -0.39 is 0 Å². The van der Waals surface area contributed by atoms with Crippen molar-refractivity contribution in [3.8, 4) is 0 Å². The molecular weight excluding hydrogens is 232 g/mol. The molecule has 0 amide bonds. The van der Waals surface area contributed by atoms with Crippen molar-refractivity contribution in [2.45, 2.75) is 52.0 Å². The quantitative estimate of drug-likeness (QED) is 0.733. The first-order chi connectivity index (χ1) is 8.42. The SMILES string of the molecule is COC(=O)C(CN1CC(C)OC(C)C1)NC(C)C. The maximum absolute atomic E-state index is 11.7. The fourth-order valence-electron chi connectivity index (χ4n) is 2.43. The summed E-state index contributed by atoms with van der Waals surface area (Å²) in [6.45, 7) is 10.6. The number of methoxy groups -OCH3 is 1. The molecule has 1 N–H and O–H groups in total. The summed E-state index contributed by atoms with van der Waals surface area (Å²) in [7, 11) is 1.43. The van der Waals surface area contributed by atoms with Crippen molar-refractivity contribution >= 4 is 5.97 Å². The highest BCUT2D eigenvalue weighted by molar-refractivity contribution is 5.76. The van der Waals surface area contributed by atoms with E-state index in [1.165, 1.54) is 7.11 Å². The number of rotatable bonds is 5. The molecule has 0 aromatic carbocycles. The van der Waals surface area contributed by atoms with Gasteiger partial charge in [0.2, 0.25) is 0 Å². The topological polar surface area (TPSA) is 50.8 Å². The molecule has 1 aliphatic heterocycles. The van der Waals surface area contributed by atoms with E-state index in [9.17, 15) is 4.79 Å². The van der Waals surface area contributed by atoms with E-state index in [4.69, 9.17) is 9.47 Å². The lowest BCUT2D eigenvalue weighted by molar-refractivity contribution is -0.145. The molecule has 1 fully saturated rings. The number of ether oxygens (including phenoxy) is 2. The van der Waals surface area contributed by atoms with Crippen LogP contribution in [0.3, 0.4) is 0 Å². The first kappa shape index (κ1) is 15.4. The molecular formula is C13H26N2O3. The molecule has 0 aliphatic carbocycles. The Labute approximate surface area is 110 Å². The van der Waals surface area contributed by atoms with Crippen molar-refractivity contribution in [2.24, 2.45) is 0 Å². The molecule has 1 heterocycles. The smallest absolute Gasteiger partial charge is 0.324 e. The number of morpholine rings is 1. The van der Waals surface area contributed by atoms with Gasteiger partial charge in [0, 0.05) is 25.7 Å². The number of nitrogens with one attached hydrogen (secondary N) is 1. The first-order valence-electron chi connectivity index (χ1n) is 6.64. The van der Waals surface area contributed by atoms with E-state index in [1.807, 2.05) is 13.8 Å². The molecule has 1 aliphatic rings. The highest BCUT2D eigenvalue weighted by atomic mass is 16.5. The van der Waals surface area contributed by atoms with Crippen molar-refractivity contribution in [1.29, 1.82) is 0 Å². The zero-order valence-electron chi connectivity index (χ0n) is 12.1. The first-order valence-corrected chi connectivity index (χ1v) is 6.64. The van der Waals surface area contributed by atoms with Crippen LogP contribution in [0.15, 0.2) is 0 Å². The van der Waals surface area contributed by atoms with Gasteiger partial charge in [0.25, 0.3) is 0 Å². The van der Waals surface area contributed by atoms with E-state index >= 15 is 0 Å². The molecule has 0 radical (unpaired) electrons. The normalized spacial score (nSPS) is 27.2. The molecule has 106 valence electrons. The van der Waals surface area contributed by atoms with Gasteiger partial charge in [0.1, 0.15) is 6.04 Å². The number of hydrogen-bond donors (Lipinski definition) is 1. The van der Waals surface area contributed by atoms with Gasteiger partial charge >= 0.3 is 5.97 Å².